The van der Waals surface area contributed by atoms with Crippen LogP contribution in [0, 0.1) is 12.3 Å². The summed E-state index contributed by atoms with van der Waals surface area (Å²) in [4.78, 5) is 14.0. The van der Waals surface area contributed by atoms with Crippen LogP contribution in [0.15, 0.2) is 48.3 Å². The third-order valence-corrected chi connectivity index (χ3v) is 3.97. The average molecular weight is 348 g/mol. The van der Waals surface area contributed by atoms with Crippen LogP contribution in [0.2, 0.25) is 0 Å². The van der Waals surface area contributed by atoms with Crippen LogP contribution in [0.4, 0.5) is 13.2 Å². The number of nitrogens with one attached hydrogen (secondary N) is 1. The van der Waals surface area contributed by atoms with Crippen LogP contribution in [-0.2, 0) is 17.4 Å². The quantitative estimate of drug-likeness (QED) is 0.845. The van der Waals surface area contributed by atoms with Crippen LogP contribution in [0.1, 0.15) is 25.0 Å². The van der Waals surface area contributed by atoms with Gasteiger partial charge in [0.2, 0.25) is 5.91 Å². The van der Waals surface area contributed by atoms with Crippen molar-refractivity contribution in [3.63, 3.8) is 0 Å². The van der Waals surface area contributed by atoms with Crippen molar-refractivity contribution < 1.29 is 18.0 Å². The molecule has 3 nitrogen and oxygen atoms in total. The molecule has 0 bridgehead atoms. The van der Waals surface area contributed by atoms with Gasteiger partial charge in [-0.25, -0.2) is 0 Å². The molecule has 1 aliphatic heterocycles. The summed E-state index contributed by atoms with van der Waals surface area (Å²) in [6, 6.07) is 5.07. The molecular weight excluding hydrogens is 329 g/mol. The average Bonchev–Trinajstić information content (AvgIpc) is 2.54. The zero-order valence-electron chi connectivity index (χ0n) is 14.0. The van der Waals surface area contributed by atoms with E-state index in [1.54, 1.807) is 18.4 Å². The van der Waals surface area contributed by atoms with E-state index in [0.717, 1.165) is 6.07 Å². The number of hydrogen-bond acceptors (Lipinski definition) is 2. The first-order valence-electron chi connectivity index (χ1n) is 7.71. The molecule has 1 amide bonds. The molecule has 2 rings (SSSR count). The molecule has 0 saturated carbocycles. The number of benzene rings is 1. The van der Waals surface area contributed by atoms with Gasteiger partial charge in [-0.05, 0) is 37.6 Å². The monoisotopic (exact) mass is 348 g/mol. The summed E-state index contributed by atoms with van der Waals surface area (Å²) < 4.78 is 38.9. The Balaban J connectivity index is 2.02. The van der Waals surface area contributed by atoms with Crippen molar-refractivity contribution in [3.8, 4) is 12.3 Å². The van der Waals surface area contributed by atoms with Gasteiger partial charge in [0.05, 0.1) is 17.5 Å². The number of allylic oxidation sites excluding steroid dienone is 1. The van der Waals surface area contributed by atoms with Gasteiger partial charge in [0.25, 0.3) is 0 Å². The van der Waals surface area contributed by atoms with Crippen LogP contribution < -0.4 is 5.32 Å². The summed E-state index contributed by atoms with van der Waals surface area (Å²) in [6.45, 7) is 4.29. The lowest BCUT2D eigenvalue weighted by atomic mass is 10.0. The maximum Gasteiger partial charge on any atom is 0.416 e. The van der Waals surface area contributed by atoms with E-state index in [1.165, 1.54) is 18.2 Å². The summed E-state index contributed by atoms with van der Waals surface area (Å²) in [7, 11) is 0. The van der Waals surface area contributed by atoms with Gasteiger partial charge in [-0.15, -0.1) is 6.42 Å². The number of terminal acetylenes is 1. The number of carbonyl (C=O) groups excluding carboxylic acids is 1. The Bertz CT molecular complexity index is 755. The molecule has 0 aromatic heterocycles. The Morgan fingerprint density at radius 1 is 1.32 bits per heavy atom. The smallest absolute Gasteiger partial charge is 0.358 e. The number of halogens is 3. The van der Waals surface area contributed by atoms with Gasteiger partial charge >= 0.3 is 6.18 Å². The zero-order valence-corrected chi connectivity index (χ0v) is 14.0. The van der Waals surface area contributed by atoms with Crippen molar-refractivity contribution >= 4 is 5.91 Å². The molecule has 0 fully saturated rings. The fourth-order valence-electron chi connectivity index (χ4n) is 2.42. The Morgan fingerprint density at radius 2 is 2.00 bits per heavy atom. The second-order valence-electron chi connectivity index (χ2n) is 6.21. The van der Waals surface area contributed by atoms with Gasteiger partial charge in [0.15, 0.2) is 0 Å². The second-order valence-corrected chi connectivity index (χ2v) is 6.21. The molecule has 25 heavy (non-hydrogen) atoms. The van der Waals surface area contributed by atoms with Gasteiger partial charge < -0.3 is 10.2 Å². The second kappa shape index (κ2) is 7.06. The van der Waals surface area contributed by atoms with Crippen molar-refractivity contribution in [2.75, 3.05) is 6.54 Å². The highest BCUT2D eigenvalue weighted by Crippen LogP contribution is 2.32. The summed E-state index contributed by atoms with van der Waals surface area (Å²) >= 11 is 0. The number of hydrogen-bond donors (Lipinski definition) is 1. The van der Waals surface area contributed by atoms with E-state index in [9.17, 15) is 18.0 Å². The van der Waals surface area contributed by atoms with Crippen LogP contribution in [0.25, 0.3) is 0 Å². The first-order valence-corrected chi connectivity index (χ1v) is 7.71. The third kappa shape index (κ3) is 4.66. The van der Waals surface area contributed by atoms with Gasteiger partial charge in [0.1, 0.15) is 0 Å². The maximum atomic E-state index is 13.0. The minimum atomic E-state index is -4.48. The molecule has 1 aromatic rings. The minimum Gasteiger partial charge on any atom is -0.358 e. The van der Waals surface area contributed by atoms with Crippen molar-refractivity contribution in [1.82, 2.24) is 10.2 Å². The minimum absolute atomic E-state index is 0.0528. The van der Waals surface area contributed by atoms with Crippen molar-refractivity contribution in [2.24, 2.45) is 0 Å². The number of carbonyl (C=O) groups is 1. The van der Waals surface area contributed by atoms with E-state index in [4.69, 9.17) is 6.42 Å². The molecule has 0 saturated heterocycles. The number of nitrogens with zero attached hydrogens (tertiary/aromatic N) is 1. The highest BCUT2D eigenvalue weighted by Gasteiger charge is 2.33. The highest BCUT2D eigenvalue weighted by atomic mass is 19.4. The highest BCUT2D eigenvalue weighted by molar-refractivity contribution is 5.81. The molecule has 1 heterocycles. The Morgan fingerprint density at radius 3 is 2.56 bits per heavy atom. The molecule has 6 heteroatoms. The lowest BCUT2D eigenvalue weighted by Gasteiger charge is -2.34. The number of amides is 1. The number of rotatable bonds is 4. The normalized spacial score (nSPS) is 14.7. The summed E-state index contributed by atoms with van der Waals surface area (Å²) in [5.74, 6) is 2.17. The lowest BCUT2D eigenvalue weighted by molar-refractivity contribution is -0.138. The molecule has 0 aliphatic carbocycles. The van der Waals surface area contributed by atoms with Crippen LogP contribution >= 0.6 is 0 Å². The van der Waals surface area contributed by atoms with E-state index >= 15 is 0 Å². The fourth-order valence-corrected chi connectivity index (χ4v) is 2.42. The van der Waals surface area contributed by atoms with Crippen molar-refractivity contribution in [1.29, 1.82) is 0 Å². The molecule has 1 aliphatic rings. The first-order chi connectivity index (χ1) is 11.6. The Kier molecular flexibility index (Phi) is 5.27. The molecule has 0 atom stereocenters. The summed E-state index contributed by atoms with van der Waals surface area (Å²) in [5.41, 5.74) is -0.768. The third-order valence-electron chi connectivity index (χ3n) is 3.97. The zero-order chi connectivity index (χ0) is 18.7. The van der Waals surface area contributed by atoms with Crippen LogP contribution in [0.3, 0.4) is 0 Å². The van der Waals surface area contributed by atoms with Crippen LogP contribution in [-0.4, -0.2) is 22.9 Å². The summed E-state index contributed by atoms with van der Waals surface area (Å²) in [6.07, 6.45) is 5.86. The molecule has 132 valence electrons. The van der Waals surface area contributed by atoms with E-state index in [0.29, 0.717) is 12.2 Å². The molecule has 0 spiro atoms. The van der Waals surface area contributed by atoms with Gasteiger partial charge in [-0.3, -0.25) is 4.79 Å². The largest absolute Gasteiger partial charge is 0.416 e. The van der Waals surface area contributed by atoms with Crippen molar-refractivity contribution in [3.05, 3.63) is 59.4 Å². The summed E-state index contributed by atoms with van der Waals surface area (Å²) in [5, 5.41) is 2.63. The maximum absolute atomic E-state index is 13.0. The number of alkyl halides is 3. The predicted octanol–water partition coefficient (Wildman–Crippen LogP) is 3.49. The van der Waals surface area contributed by atoms with E-state index in [-0.39, 0.29) is 12.0 Å². The van der Waals surface area contributed by atoms with Gasteiger partial charge in [-0.2, -0.15) is 13.2 Å². The SMILES string of the molecule is C#CC(C)(C)N1C=CC(NC(=O)Cc2ccccc2C(F)(F)F)=CC1. The molecule has 0 unspecified atom stereocenters. The molecule has 0 radical (unpaired) electrons. The van der Waals surface area contributed by atoms with Crippen LogP contribution in [0.5, 0.6) is 0 Å². The van der Waals surface area contributed by atoms with E-state index in [2.05, 4.69) is 11.2 Å². The molecule has 1 aromatic carbocycles. The lowest BCUT2D eigenvalue weighted by Crippen LogP contribution is -2.40. The standard InChI is InChI=1S/C19H19F3N2O/c1-4-18(2,3)24-11-9-15(10-12-24)23-17(25)13-14-7-5-6-8-16(14)19(20,21)22/h1,5-11H,12-13H2,2-3H3,(H,23,25). The topological polar surface area (TPSA) is 32.3 Å². The van der Waals surface area contributed by atoms with E-state index in [1.807, 2.05) is 18.7 Å². The molecule has 1 N–H and O–H groups in total. The van der Waals surface area contributed by atoms with E-state index < -0.39 is 23.2 Å². The molecular formula is C19H19F3N2O. The van der Waals surface area contributed by atoms with Gasteiger partial charge in [0, 0.05) is 18.4 Å². The Labute approximate surface area is 145 Å². The first kappa shape index (κ1) is 18.7. The van der Waals surface area contributed by atoms with Gasteiger partial charge in [-0.1, -0.05) is 24.1 Å². The van der Waals surface area contributed by atoms with Crippen molar-refractivity contribution in [2.45, 2.75) is 32.0 Å². The fraction of sp³-hybridized carbons (Fsp3) is 0.316. The predicted molar refractivity (Wildman–Crippen MR) is 90.1 cm³/mol. The Hall–Kier alpha value is -2.68.